The van der Waals surface area contributed by atoms with Crippen molar-refractivity contribution in [2.75, 3.05) is 25.0 Å². The molecule has 4 rings (SSSR count). The summed E-state index contributed by atoms with van der Waals surface area (Å²) in [5.41, 5.74) is 1.19. The maximum Gasteiger partial charge on any atom is 0.243 e. The fourth-order valence-electron chi connectivity index (χ4n) is 4.16. The van der Waals surface area contributed by atoms with Crippen molar-refractivity contribution in [1.29, 1.82) is 0 Å². The summed E-state index contributed by atoms with van der Waals surface area (Å²) in [5, 5.41) is 3.05. The van der Waals surface area contributed by atoms with Crippen molar-refractivity contribution in [1.82, 2.24) is 9.21 Å². The lowest BCUT2D eigenvalue weighted by Crippen LogP contribution is -2.37. The molecule has 1 aliphatic heterocycles. The number of nitrogens with zero attached hydrogens (tertiary/aromatic N) is 2. The highest BCUT2D eigenvalue weighted by Crippen LogP contribution is 2.25. The number of halogens is 3. The van der Waals surface area contributed by atoms with E-state index >= 15 is 0 Å². The molecule has 0 bridgehead atoms. The molecule has 200 valence electrons. The summed E-state index contributed by atoms with van der Waals surface area (Å²) in [6, 6.07) is 16.3. The number of nitrogens with one attached hydrogen (secondary N) is 1. The number of anilines is 1. The molecule has 1 heterocycles. The number of hydrogen-bond donors (Lipinski definition) is 1. The first-order valence-electron chi connectivity index (χ1n) is 12.0. The molecule has 7 nitrogen and oxygen atoms in total. The zero-order chi connectivity index (χ0) is 27.3. The van der Waals surface area contributed by atoms with E-state index in [4.69, 9.17) is 23.2 Å². The monoisotopic (exact) mass is 577 g/mol. The number of benzene rings is 3. The quantitative estimate of drug-likeness (QED) is 0.382. The largest absolute Gasteiger partial charge is 0.342 e. The molecule has 0 radical (unpaired) electrons. The molecular formula is C27H26Cl2FN3O4S. The molecule has 0 aliphatic carbocycles. The molecule has 1 aliphatic rings. The van der Waals surface area contributed by atoms with E-state index in [1.165, 1.54) is 42.5 Å². The van der Waals surface area contributed by atoms with Crippen molar-refractivity contribution < 1.29 is 22.4 Å². The second kappa shape index (κ2) is 12.3. The Labute approximate surface area is 231 Å². The van der Waals surface area contributed by atoms with Crippen molar-refractivity contribution >= 4 is 50.7 Å². The Hall–Kier alpha value is -2.98. The van der Waals surface area contributed by atoms with Crippen LogP contribution in [0.25, 0.3) is 0 Å². The van der Waals surface area contributed by atoms with Crippen LogP contribution in [0, 0.1) is 5.82 Å². The van der Waals surface area contributed by atoms with Gasteiger partial charge in [-0.1, -0.05) is 41.4 Å². The van der Waals surface area contributed by atoms with Gasteiger partial charge in [0.2, 0.25) is 21.8 Å². The molecule has 2 amide bonds. The summed E-state index contributed by atoms with van der Waals surface area (Å²) in [4.78, 5) is 27.0. The number of sulfonamides is 1. The Morgan fingerprint density at radius 2 is 1.61 bits per heavy atom. The Bertz CT molecular complexity index is 1390. The third kappa shape index (κ3) is 6.91. The topological polar surface area (TPSA) is 86.8 Å². The van der Waals surface area contributed by atoms with Crippen LogP contribution >= 0.6 is 23.2 Å². The maximum absolute atomic E-state index is 14.5. The first-order valence-corrected chi connectivity index (χ1v) is 14.2. The highest BCUT2D eigenvalue weighted by atomic mass is 35.5. The summed E-state index contributed by atoms with van der Waals surface area (Å²) in [6.45, 7) is 0.507. The van der Waals surface area contributed by atoms with Gasteiger partial charge < -0.3 is 10.2 Å². The van der Waals surface area contributed by atoms with E-state index in [-0.39, 0.29) is 27.8 Å². The Morgan fingerprint density at radius 3 is 2.24 bits per heavy atom. The van der Waals surface area contributed by atoms with Gasteiger partial charge in [0.05, 0.1) is 17.9 Å². The van der Waals surface area contributed by atoms with Crippen molar-refractivity contribution in [2.24, 2.45) is 0 Å². The van der Waals surface area contributed by atoms with Crippen LogP contribution in [-0.4, -0.2) is 49.1 Å². The number of likely N-dealkylation sites (tertiary alicyclic amines) is 1. The summed E-state index contributed by atoms with van der Waals surface area (Å²) in [5.74, 6) is -1.25. The molecule has 38 heavy (non-hydrogen) atoms. The van der Waals surface area contributed by atoms with Crippen LogP contribution in [0.1, 0.15) is 24.0 Å². The third-order valence-electron chi connectivity index (χ3n) is 6.22. The molecule has 1 N–H and O–H groups in total. The van der Waals surface area contributed by atoms with Gasteiger partial charge in [0, 0.05) is 40.9 Å². The molecule has 3 aromatic carbocycles. The summed E-state index contributed by atoms with van der Waals surface area (Å²) < 4.78 is 42.2. The van der Waals surface area contributed by atoms with Crippen molar-refractivity contribution in [2.45, 2.75) is 30.7 Å². The zero-order valence-electron chi connectivity index (χ0n) is 20.4. The summed E-state index contributed by atoms with van der Waals surface area (Å²) >= 11 is 12.0. The van der Waals surface area contributed by atoms with Gasteiger partial charge in [-0.25, -0.2) is 12.8 Å². The molecule has 1 saturated heterocycles. The van der Waals surface area contributed by atoms with Gasteiger partial charge in [0.25, 0.3) is 0 Å². The van der Waals surface area contributed by atoms with Gasteiger partial charge in [0.15, 0.2) is 0 Å². The first kappa shape index (κ1) is 28.0. The molecule has 1 fully saturated rings. The number of carbonyl (C=O) groups excluding carboxylic acids is 2. The van der Waals surface area contributed by atoms with E-state index in [1.54, 1.807) is 24.3 Å². The van der Waals surface area contributed by atoms with Gasteiger partial charge in [-0.05, 0) is 66.9 Å². The van der Waals surface area contributed by atoms with Gasteiger partial charge in [-0.15, -0.1) is 0 Å². The van der Waals surface area contributed by atoms with Gasteiger partial charge in [-0.3, -0.25) is 9.59 Å². The average Bonchev–Trinajstić information content (AvgIpc) is 3.42. The number of carbonyl (C=O) groups is 2. The molecular weight excluding hydrogens is 552 g/mol. The molecule has 11 heteroatoms. The van der Waals surface area contributed by atoms with Gasteiger partial charge in [-0.2, -0.15) is 4.31 Å². The summed E-state index contributed by atoms with van der Waals surface area (Å²) in [6.07, 6.45) is 2.31. The van der Waals surface area contributed by atoms with E-state index < -0.39 is 34.8 Å². The fraction of sp³-hybridized carbons (Fsp3) is 0.259. The Kier molecular flexibility index (Phi) is 9.04. The van der Waals surface area contributed by atoms with E-state index in [2.05, 4.69) is 5.32 Å². The van der Waals surface area contributed by atoms with Crippen LogP contribution in [0.2, 0.25) is 10.0 Å². The molecule has 0 aromatic heterocycles. The van der Waals surface area contributed by atoms with E-state index in [0.29, 0.717) is 10.7 Å². The fourth-order valence-corrected chi connectivity index (χ4v) is 5.87. The minimum atomic E-state index is -4.22. The minimum Gasteiger partial charge on any atom is -0.342 e. The third-order valence-corrected chi connectivity index (χ3v) is 8.63. The summed E-state index contributed by atoms with van der Waals surface area (Å²) in [7, 11) is -4.22. The van der Waals surface area contributed by atoms with E-state index in [9.17, 15) is 22.4 Å². The number of rotatable bonds is 9. The van der Waals surface area contributed by atoms with E-state index in [1.807, 2.05) is 4.90 Å². The number of amides is 2. The van der Waals surface area contributed by atoms with Crippen LogP contribution in [0.3, 0.4) is 0 Å². The standard InChI is InChI=1S/C27H26Cl2FN3O4S/c28-20-8-12-22(13-9-20)38(36,37)33(17-23-24(29)4-3-5-25(23)30)18-26(34)31-21-10-6-19(7-11-21)16-27(35)32-14-1-2-15-32/h3-13H,1-2,14-18H2,(H,31,34). The molecule has 0 saturated carbocycles. The van der Waals surface area contributed by atoms with Crippen LogP contribution < -0.4 is 5.32 Å². The van der Waals surface area contributed by atoms with Crippen LogP contribution in [-0.2, 0) is 32.6 Å². The van der Waals surface area contributed by atoms with Gasteiger partial charge >= 0.3 is 0 Å². The molecule has 0 spiro atoms. The number of hydrogen-bond acceptors (Lipinski definition) is 4. The molecule has 0 atom stereocenters. The van der Waals surface area contributed by atoms with Crippen LogP contribution in [0.4, 0.5) is 10.1 Å². The predicted molar refractivity (Wildman–Crippen MR) is 145 cm³/mol. The minimum absolute atomic E-state index is 0.0424. The highest BCUT2D eigenvalue weighted by Gasteiger charge is 2.29. The lowest BCUT2D eigenvalue weighted by Gasteiger charge is -2.23. The Balaban J connectivity index is 1.49. The highest BCUT2D eigenvalue weighted by molar-refractivity contribution is 7.89. The maximum atomic E-state index is 14.5. The second-order valence-corrected chi connectivity index (χ2v) is 11.7. The second-order valence-electron chi connectivity index (χ2n) is 8.94. The lowest BCUT2D eigenvalue weighted by molar-refractivity contribution is -0.129. The lowest BCUT2D eigenvalue weighted by atomic mass is 10.1. The van der Waals surface area contributed by atoms with Crippen molar-refractivity contribution in [3.8, 4) is 0 Å². The van der Waals surface area contributed by atoms with Crippen LogP contribution in [0.15, 0.2) is 71.6 Å². The zero-order valence-corrected chi connectivity index (χ0v) is 22.7. The van der Waals surface area contributed by atoms with Crippen molar-refractivity contribution in [3.63, 3.8) is 0 Å². The Morgan fingerprint density at radius 1 is 0.947 bits per heavy atom. The smallest absolute Gasteiger partial charge is 0.243 e. The predicted octanol–water partition coefficient (Wildman–Crippen LogP) is 5.13. The molecule has 0 unspecified atom stereocenters. The van der Waals surface area contributed by atoms with Gasteiger partial charge in [0.1, 0.15) is 5.82 Å². The first-order chi connectivity index (χ1) is 18.1. The SMILES string of the molecule is O=C(CN(Cc1c(F)cccc1Cl)S(=O)(=O)c1ccc(Cl)cc1)Nc1ccc(CC(=O)N2CCCC2)cc1. The molecule has 3 aromatic rings. The van der Waals surface area contributed by atoms with E-state index in [0.717, 1.165) is 35.8 Å². The average molecular weight is 578 g/mol. The van der Waals surface area contributed by atoms with Crippen molar-refractivity contribution in [3.05, 3.63) is 93.7 Å². The van der Waals surface area contributed by atoms with Crippen LogP contribution in [0.5, 0.6) is 0 Å². The normalized spacial score (nSPS) is 13.6.